The highest BCUT2D eigenvalue weighted by atomic mass is 16.8. The van der Waals surface area contributed by atoms with Crippen molar-refractivity contribution in [2.75, 3.05) is 12.0 Å². The number of carbonyl (C=O) groups is 2. The van der Waals surface area contributed by atoms with Crippen LogP contribution >= 0.6 is 0 Å². The Morgan fingerprint density at radius 2 is 1.79 bits per heavy atom. The molecule has 2 aliphatic rings. The smallest absolute Gasteiger partial charge is 0.339 e. The Balaban J connectivity index is 1.62. The molecule has 39 heavy (non-hydrogen) atoms. The predicted molar refractivity (Wildman–Crippen MR) is 148 cm³/mol. The van der Waals surface area contributed by atoms with Gasteiger partial charge in [-0.3, -0.25) is 15.2 Å². The van der Waals surface area contributed by atoms with Crippen LogP contribution in [-0.2, 0) is 9.53 Å². The van der Waals surface area contributed by atoms with Crippen LogP contribution in [0.4, 0.5) is 5.69 Å². The van der Waals surface area contributed by atoms with Crippen molar-refractivity contribution in [2.45, 2.75) is 52.1 Å². The SMILES string of the molecule is C/C1=C/CC/C(C=O)=C\[C@H](OC(=O)c2cc3c(c4c2c(N(O)O)cc2ccccc24)OCO3)C/C(C)=C\CC1. The fraction of sp³-hybridized carbons (Fsp3) is 0.290. The summed E-state index contributed by atoms with van der Waals surface area (Å²) in [4.78, 5) is 25.7. The number of nitrogens with zero attached hydrogens (tertiary/aromatic N) is 1. The summed E-state index contributed by atoms with van der Waals surface area (Å²) in [6.45, 7) is 4.04. The number of rotatable bonds is 4. The third-order valence-electron chi connectivity index (χ3n) is 7.17. The summed E-state index contributed by atoms with van der Waals surface area (Å²) in [7, 11) is 0. The van der Waals surface area contributed by atoms with Crippen molar-refractivity contribution in [3.63, 3.8) is 0 Å². The highest BCUT2D eigenvalue weighted by molar-refractivity contribution is 6.22. The molecular formula is C31H31NO7. The van der Waals surface area contributed by atoms with Crippen molar-refractivity contribution in [3.05, 3.63) is 76.9 Å². The summed E-state index contributed by atoms with van der Waals surface area (Å²) in [5.41, 5.74) is 2.98. The molecule has 0 saturated heterocycles. The van der Waals surface area contributed by atoms with Crippen molar-refractivity contribution in [2.24, 2.45) is 0 Å². The van der Waals surface area contributed by atoms with E-state index in [1.54, 1.807) is 12.1 Å². The molecule has 202 valence electrons. The third-order valence-corrected chi connectivity index (χ3v) is 7.17. The van der Waals surface area contributed by atoms with Gasteiger partial charge in [0.25, 0.3) is 0 Å². The molecule has 5 rings (SSSR count). The van der Waals surface area contributed by atoms with Gasteiger partial charge in [-0.05, 0) is 74.1 Å². The molecule has 3 aromatic rings. The van der Waals surface area contributed by atoms with Crippen LogP contribution in [0.5, 0.6) is 11.5 Å². The Bertz CT molecular complexity index is 1530. The van der Waals surface area contributed by atoms with E-state index < -0.39 is 12.1 Å². The van der Waals surface area contributed by atoms with Crippen LogP contribution in [-0.4, -0.2) is 35.6 Å². The lowest BCUT2D eigenvalue weighted by Gasteiger charge is -2.20. The average Bonchev–Trinajstić information content (AvgIpc) is 3.39. The van der Waals surface area contributed by atoms with Crippen LogP contribution in [0.2, 0.25) is 0 Å². The van der Waals surface area contributed by atoms with E-state index in [2.05, 4.69) is 19.1 Å². The summed E-state index contributed by atoms with van der Waals surface area (Å²) >= 11 is 0. The van der Waals surface area contributed by atoms with Gasteiger partial charge in [0.2, 0.25) is 6.79 Å². The van der Waals surface area contributed by atoms with Crippen molar-refractivity contribution in [1.82, 2.24) is 0 Å². The largest absolute Gasteiger partial charge is 0.454 e. The zero-order chi connectivity index (χ0) is 27.5. The van der Waals surface area contributed by atoms with E-state index in [4.69, 9.17) is 14.2 Å². The van der Waals surface area contributed by atoms with Crippen LogP contribution in [0.3, 0.4) is 0 Å². The van der Waals surface area contributed by atoms with Crippen LogP contribution in [0.25, 0.3) is 21.5 Å². The number of allylic oxidation sites excluding steroid dienone is 4. The number of esters is 1. The molecular weight excluding hydrogens is 498 g/mol. The summed E-state index contributed by atoms with van der Waals surface area (Å²) in [5.74, 6) is 0.0942. The predicted octanol–water partition coefficient (Wildman–Crippen LogP) is 6.81. The van der Waals surface area contributed by atoms with Gasteiger partial charge in [0.1, 0.15) is 18.1 Å². The summed E-state index contributed by atoms with van der Waals surface area (Å²) < 4.78 is 17.4. The molecule has 1 atom stereocenters. The summed E-state index contributed by atoms with van der Waals surface area (Å²) in [5, 5.41) is 22.6. The topological polar surface area (TPSA) is 106 Å². The van der Waals surface area contributed by atoms with Gasteiger partial charge in [-0.2, -0.15) is 0 Å². The van der Waals surface area contributed by atoms with Crippen molar-refractivity contribution in [3.8, 4) is 11.5 Å². The Kier molecular flexibility index (Phi) is 7.67. The maximum Gasteiger partial charge on any atom is 0.339 e. The van der Waals surface area contributed by atoms with E-state index in [1.165, 1.54) is 11.6 Å². The first-order chi connectivity index (χ1) is 18.9. The molecule has 8 heteroatoms. The average molecular weight is 530 g/mol. The summed E-state index contributed by atoms with van der Waals surface area (Å²) in [6, 6.07) is 10.5. The van der Waals surface area contributed by atoms with Gasteiger partial charge in [-0.1, -0.05) is 47.6 Å². The standard InChI is InChI=1S/C31H31NO7/c1-19-7-5-9-20(2)13-23(14-21(17-33)10-6-8-19)39-31(34)25-16-27-30(38-18-37-27)29-24-12-4-3-11-22(24)15-26(28(25)29)32(35)36/h3-4,8-9,11-12,14-17,23,35-36H,5-7,10,13,18H2,1-2H3/b19-8-,20-9-,21-14+/t23-/m1/s1. The molecule has 0 radical (unpaired) electrons. The fourth-order valence-electron chi connectivity index (χ4n) is 5.24. The molecule has 0 bridgehead atoms. The second-order valence-electron chi connectivity index (χ2n) is 10.00. The minimum atomic E-state index is -0.692. The van der Waals surface area contributed by atoms with Crippen molar-refractivity contribution < 1.29 is 34.2 Å². The molecule has 2 N–H and O–H groups in total. The van der Waals surface area contributed by atoms with E-state index in [0.717, 1.165) is 41.9 Å². The van der Waals surface area contributed by atoms with Crippen molar-refractivity contribution >= 4 is 39.5 Å². The molecule has 3 aromatic carbocycles. The normalized spacial score (nSPS) is 21.9. The van der Waals surface area contributed by atoms with E-state index in [1.807, 2.05) is 31.2 Å². The van der Waals surface area contributed by atoms with E-state index in [9.17, 15) is 20.0 Å². The minimum Gasteiger partial charge on any atom is -0.454 e. The van der Waals surface area contributed by atoms with Crippen LogP contribution in [0, 0.1) is 0 Å². The van der Waals surface area contributed by atoms with Crippen LogP contribution in [0.1, 0.15) is 56.3 Å². The molecule has 0 spiro atoms. The minimum absolute atomic E-state index is 0.00347. The molecule has 0 amide bonds. The Hall–Kier alpha value is -4.14. The molecule has 1 aliphatic heterocycles. The van der Waals surface area contributed by atoms with Crippen LogP contribution in [0.15, 0.2) is 71.3 Å². The highest BCUT2D eigenvalue weighted by Crippen LogP contribution is 2.47. The fourth-order valence-corrected chi connectivity index (χ4v) is 5.24. The van der Waals surface area contributed by atoms with Crippen molar-refractivity contribution in [1.29, 1.82) is 0 Å². The quantitative estimate of drug-likeness (QED) is 0.125. The number of anilines is 1. The number of aldehydes is 1. The number of hydrogen-bond acceptors (Lipinski definition) is 8. The zero-order valence-corrected chi connectivity index (χ0v) is 22.0. The molecule has 1 heterocycles. The first kappa shape index (κ1) is 26.5. The first-order valence-corrected chi connectivity index (χ1v) is 13.0. The van der Waals surface area contributed by atoms with Gasteiger partial charge < -0.3 is 14.2 Å². The maximum absolute atomic E-state index is 13.8. The number of fused-ring (bicyclic) bond motifs is 5. The number of hydrogen-bond donors (Lipinski definition) is 2. The van der Waals surface area contributed by atoms with Crippen LogP contribution < -0.4 is 14.7 Å². The van der Waals surface area contributed by atoms with Gasteiger partial charge in [0.05, 0.1) is 5.56 Å². The monoisotopic (exact) mass is 529 g/mol. The zero-order valence-electron chi connectivity index (χ0n) is 22.0. The second-order valence-corrected chi connectivity index (χ2v) is 10.00. The number of ether oxygens (including phenoxy) is 3. The molecule has 0 fully saturated rings. The van der Waals surface area contributed by atoms with E-state index >= 15 is 0 Å². The lowest BCUT2D eigenvalue weighted by atomic mass is 9.95. The molecule has 1 aliphatic carbocycles. The van der Waals surface area contributed by atoms with E-state index in [0.29, 0.717) is 35.3 Å². The Morgan fingerprint density at radius 3 is 2.59 bits per heavy atom. The molecule has 8 nitrogen and oxygen atoms in total. The van der Waals surface area contributed by atoms with Gasteiger partial charge >= 0.3 is 5.97 Å². The first-order valence-electron chi connectivity index (χ1n) is 13.0. The Morgan fingerprint density at radius 1 is 1.03 bits per heavy atom. The molecule has 0 saturated carbocycles. The number of benzene rings is 3. The Labute approximate surface area is 226 Å². The second kappa shape index (κ2) is 11.3. The number of carbonyl (C=O) groups excluding carboxylic acids is 2. The van der Waals surface area contributed by atoms with Gasteiger partial charge in [-0.15, -0.1) is 5.23 Å². The highest BCUT2D eigenvalue weighted by Gasteiger charge is 2.29. The van der Waals surface area contributed by atoms with Gasteiger partial charge in [-0.25, -0.2) is 4.79 Å². The third kappa shape index (κ3) is 5.53. The van der Waals surface area contributed by atoms with E-state index in [-0.39, 0.29) is 28.7 Å². The molecule has 0 unspecified atom stereocenters. The lowest BCUT2D eigenvalue weighted by Crippen LogP contribution is -2.19. The van der Waals surface area contributed by atoms with Gasteiger partial charge in [0, 0.05) is 17.2 Å². The maximum atomic E-state index is 13.8. The lowest BCUT2D eigenvalue weighted by molar-refractivity contribution is -0.105. The summed E-state index contributed by atoms with van der Waals surface area (Å²) in [6.07, 6.45) is 9.61. The molecule has 0 aromatic heterocycles. The van der Waals surface area contributed by atoms with Gasteiger partial charge in [0.15, 0.2) is 11.5 Å².